The fourth-order valence-corrected chi connectivity index (χ4v) is 5.33. The Balaban J connectivity index is 2.16. The van der Waals surface area contributed by atoms with E-state index in [-0.39, 0.29) is 6.04 Å². The van der Waals surface area contributed by atoms with Crippen molar-refractivity contribution in [1.82, 2.24) is 5.32 Å². The Morgan fingerprint density at radius 2 is 2.23 bits per heavy atom. The fourth-order valence-electron chi connectivity index (χ4n) is 3.49. The molecule has 1 aromatic carbocycles. The fraction of sp³-hybridized carbons (Fsp3) is 0.467. The third-order valence-electron chi connectivity index (χ3n) is 4.30. The second-order valence-corrected chi connectivity index (χ2v) is 7.45. The molecule has 1 aromatic rings. The monoisotopic (exact) mass is 326 g/mol. The van der Waals surface area contributed by atoms with Crippen molar-refractivity contribution in [2.75, 3.05) is 18.0 Å². The number of sulfonamides is 1. The second-order valence-electron chi connectivity index (χ2n) is 5.82. The minimum Gasteiger partial charge on any atom is -0.498 e. The Hall–Kier alpha value is -1.60. The molecule has 2 aliphatic rings. The van der Waals surface area contributed by atoms with Gasteiger partial charge in [-0.2, -0.15) is 0 Å². The summed E-state index contributed by atoms with van der Waals surface area (Å²) in [6.07, 6.45) is 1.15. The Labute approximate surface area is 129 Å². The molecular formula is C15H19FN2O3S. The van der Waals surface area contributed by atoms with Crippen LogP contribution in [0, 0.1) is 5.82 Å². The van der Waals surface area contributed by atoms with Crippen molar-refractivity contribution in [2.45, 2.75) is 31.3 Å². The van der Waals surface area contributed by atoms with Gasteiger partial charge in [0.1, 0.15) is 17.1 Å². The van der Waals surface area contributed by atoms with Gasteiger partial charge in [0.05, 0.1) is 18.2 Å². The Kier molecular flexibility index (Phi) is 3.65. The molecule has 2 aliphatic heterocycles. The highest BCUT2D eigenvalue weighted by Gasteiger charge is 2.54. The van der Waals surface area contributed by atoms with Gasteiger partial charge >= 0.3 is 0 Å². The summed E-state index contributed by atoms with van der Waals surface area (Å²) in [6.45, 7) is 2.67. The largest absolute Gasteiger partial charge is 0.498 e. The first-order valence-corrected chi connectivity index (χ1v) is 8.70. The van der Waals surface area contributed by atoms with Gasteiger partial charge in [0.15, 0.2) is 0 Å². The smallest absolute Gasteiger partial charge is 0.261 e. The molecule has 7 heteroatoms. The lowest BCUT2D eigenvalue weighted by Crippen LogP contribution is -2.57. The zero-order valence-electron chi connectivity index (χ0n) is 12.5. The number of nitrogens with one attached hydrogen (secondary N) is 1. The van der Waals surface area contributed by atoms with Crippen LogP contribution in [-0.2, 0) is 14.8 Å². The predicted molar refractivity (Wildman–Crippen MR) is 82.3 cm³/mol. The third kappa shape index (κ3) is 2.28. The molecule has 0 unspecified atom stereocenters. The molecule has 1 saturated heterocycles. The maximum Gasteiger partial charge on any atom is 0.261 e. The number of benzene rings is 1. The van der Waals surface area contributed by atoms with E-state index < -0.39 is 21.4 Å². The number of rotatable bonds is 2. The van der Waals surface area contributed by atoms with Crippen LogP contribution in [0.15, 0.2) is 35.4 Å². The van der Waals surface area contributed by atoms with Crippen molar-refractivity contribution >= 4 is 15.7 Å². The maximum absolute atomic E-state index is 13.6. The standard InChI is InChI=1S/C15H19FN2O3S/c1-11-9-15(6-7-17-11)14(21-2)10-22(19,20)18(15)13-5-3-4-12(16)8-13/h3-5,8,10-11,17H,6-7,9H2,1-2H3/t11-,15+/m0/s1. The third-order valence-corrected chi connectivity index (χ3v) is 5.88. The highest BCUT2D eigenvalue weighted by Crippen LogP contribution is 2.46. The minimum absolute atomic E-state index is 0.136. The molecule has 2 atom stereocenters. The van der Waals surface area contributed by atoms with Crippen LogP contribution in [0.5, 0.6) is 0 Å². The summed E-state index contributed by atoms with van der Waals surface area (Å²) in [6, 6.07) is 5.81. The summed E-state index contributed by atoms with van der Waals surface area (Å²) >= 11 is 0. The normalized spacial score (nSPS) is 30.4. The molecule has 1 fully saturated rings. The molecule has 0 aliphatic carbocycles. The molecule has 22 heavy (non-hydrogen) atoms. The van der Waals surface area contributed by atoms with Gasteiger partial charge in [-0.1, -0.05) is 6.07 Å². The quantitative estimate of drug-likeness (QED) is 0.903. The molecule has 1 spiro atoms. The van der Waals surface area contributed by atoms with E-state index in [2.05, 4.69) is 5.32 Å². The number of halogens is 1. The number of nitrogens with zero attached hydrogens (tertiary/aromatic N) is 1. The highest BCUT2D eigenvalue weighted by molar-refractivity contribution is 7.96. The van der Waals surface area contributed by atoms with Crippen molar-refractivity contribution in [3.05, 3.63) is 41.2 Å². The topological polar surface area (TPSA) is 58.6 Å². The lowest BCUT2D eigenvalue weighted by Gasteiger charge is -2.44. The van der Waals surface area contributed by atoms with Gasteiger partial charge in [0, 0.05) is 6.04 Å². The number of ether oxygens (including phenoxy) is 1. The number of methoxy groups -OCH3 is 1. The van der Waals surface area contributed by atoms with E-state index >= 15 is 0 Å². The summed E-state index contributed by atoms with van der Waals surface area (Å²) in [4.78, 5) is 0. The summed E-state index contributed by atoms with van der Waals surface area (Å²) < 4.78 is 45.6. The summed E-state index contributed by atoms with van der Waals surface area (Å²) in [5, 5.41) is 4.47. The molecular weight excluding hydrogens is 307 g/mol. The number of hydrogen-bond donors (Lipinski definition) is 1. The van der Waals surface area contributed by atoms with Gasteiger partial charge in [-0.15, -0.1) is 0 Å². The molecule has 0 bridgehead atoms. The van der Waals surface area contributed by atoms with Gasteiger partial charge in [-0.05, 0) is 44.5 Å². The van der Waals surface area contributed by atoms with E-state index in [4.69, 9.17) is 4.74 Å². The van der Waals surface area contributed by atoms with Crippen molar-refractivity contribution in [3.8, 4) is 0 Å². The number of anilines is 1. The lowest BCUT2D eigenvalue weighted by atomic mass is 9.83. The Bertz CT molecular complexity index is 719. The van der Waals surface area contributed by atoms with Crippen molar-refractivity contribution < 1.29 is 17.5 Å². The molecule has 5 nitrogen and oxygen atoms in total. The zero-order valence-corrected chi connectivity index (χ0v) is 13.4. The van der Waals surface area contributed by atoms with E-state index in [1.165, 1.54) is 29.6 Å². The molecule has 120 valence electrons. The van der Waals surface area contributed by atoms with Crippen molar-refractivity contribution in [1.29, 1.82) is 0 Å². The van der Waals surface area contributed by atoms with Crippen LogP contribution >= 0.6 is 0 Å². The minimum atomic E-state index is -3.70. The average molecular weight is 326 g/mol. The predicted octanol–water partition coefficient (Wildman–Crippen LogP) is 1.97. The lowest BCUT2D eigenvalue weighted by molar-refractivity contribution is 0.186. The van der Waals surface area contributed by atoms with E-state index in [9.17, 15) is 12.8 Å². The first-order valence-electron chi connectivity index (χ1n) is 7.20. The van der Waals surface area contributed by atoms with Crippen molar-refractivity contribution in [2.24, 2.45) is 0 Å². The van der Waals surface area contributed by atoms with Crippen LogP contribution in [0.1, 0.15) is 19.8 Å². The first kappa shape index (κ1) is 15.3. The number of piperidine rings is 1. The molecule has 0 radical (unpaired) electrons. The first-order chi connectivity index (χ1) is 10.4. The Morgan fingerprint density at radius 3 is 2.86 bits per heavy atom. The van der Waals surface area contributed by atoms with Gasteiger partial charge < -0.3 is 10.1 Å². The molecule has 0 aromatic heterocycles. The number of hydrogen-bond acceptors (Lipinski definition) is 4. The SMILES string of the molecule is COC1=CS(=O)(=O)N(c2cccc(F)c2)[C@@]12CCN[C@@H](C)C2. The zero-order chi connectivity index (χ0) is 16.0. The van der Waals surface area contributed by atoms with Crippen LogP contribution in [0.3, 0.4) is 0 Å². The molecule has 3 rings (SSSR count). The Morgan fingerprint density at radius 1 is 1.45 bits per heavy atom. The van der Waals surface area contributed by atoms with E-state index in [0.29, 0.717) is 30.8 Å². The summed E-state index contributed by atoms with van der Waals surface area (Å²) in [7, 11) is -2.22. The molecule has 2 heterocycles. The molecule has 0 amide bonds. The summed E-state index contributed by atoms with van der Waals surface area (Å²) in [5.74, 6) is -0.0409. The van der Waals surface area contributed by atoms with E-state index in [1.54, 1.807) is 6.07 Å². The van der Waals surface area contributed by atoms with Crippen LogP contribution in [-0.4, -0.2) is 33.7 Å². The average Bonchev–Trinajstić information content (AvgIpc) is 2.65. The molecule has 0 saturated carbocycles. The summed E-state index contributed by atoms with van der Waals surface area (Å²) in [5.41, 5.74) is -0.455. The van der Waals surface area contributed by atoms with Gasteiger partial charge in [0.2, 0.25) is 0 Å². The van der Waals surface area contributed by atoms with E-state index in [0.717, 1.165) is 5.41 Å². The molecule has 1 N–H and O–H groups in total. The van der Waals surface area contributed by atoms with Gasteiger partial charge in [0.25, 0.3) is 10.0 Å². The van der Waals surface area contributed by atoms with Crippen LogP contribution in [0.2, 0.25) is 0 Å². The second kappa shape index (κ2) is 5.24. The van der Waals surface area contributed by atoms with Crippen LogP contribution in [0.25, 0.3) is 0 Å². The van der Waals surface area contributed by atoms with Gasteiger partial charge in [-0.3, -0.25) is 4.31 Å². The van der Waals surface area contributed by atoms with Crippen LogP contribution < -0.4 is 9.62 Å². The highest BCUT2D eigenvalue weighted by atomic mass is 32.2. The maximum atomic E-state index is 13.6. The van der Waals surface area contributed by atoms with Gasteiger partial charge in [-0.25, -0.2) is 12.8 Å². The van der Waals surface area contributed by atoms with Crippen molar-refractivity contribution in [3.63, 3.8) is 0 Å². The van der Waals surface area contributed by atoms with E-state index in [1.807, 2.05) is 6.92 Å². The van der Waals surface area contributed by atoms with Crippen LogP contribution in [0.4, 0.5) is 10.1 Å².